The van der Waals surface area contributed by atoms with E-state index in [1.54, 1.807) is 0 Å². The summed E-state index contributed by atoms with van der Waals surface area (Å²) in [5, 5.41) is 5.62. The predicted octanol–water partition coefficient (Wildman–Crippen LogP) is 12.2. The van der Waals surface area contributed by atoms with E-state index in [1.807, 2.05) is 97.1 Å². The molecule has 0 radical (unpaired) electrons. The Morgan fingerprint density at radius 2 is 0.873 bits per heavy atom. The van der Waals surface area contributed by atoms with Crippen LogP contribution in [0.25, 0.3) is 100 Å². The average molecular weight is 704 g/mol. The number of hydrogen-bond acceptors (Lipinski definition) is 6. The van der Waals surface area contributed by atoms with E-state index < -0.39 is 0 Å². The van der Waals surface area contributed by atoms with Crippen LogP contribution in [0, 0.1) is 0 Å². The summed E-state index contributed by atoms with van der Waals surface area (Å²) in [5.74, 6) is 3.89. The molecule has 6 heteroatoms. The van der Waals surface area contributed by atoms with Crippen molar-refractivity contribution in [2.45, 2.75) is 0 Å². The number of nitrogens with zero attached hydrogens (tertiary/aromatic N) is 5. The van der Waals surface area contributed by atoms with Crippen molar-refractivity contribution in [3.63, 3.8) is 0 Å². The van der Waals surface area contributed by atoms with Gasteiger partial charge in [-0.25, -0.2) is 24.9 Å². The lowest BCUT2D eigenvalue weighted by atomic mass is 9.91. The van der Waals surface area contributed by atoms with Gasteiger partial charge in [0.15, 0.2) is 23.3 Å². The largest absolute Gasteiger partial charge is 0.456 e. The molecular weight excluding hydrogens is 675 g/mol. The van der Waals surface area contributed by atoms with Crippen LogP contribution in [0.2, 0.25) is 0 Å². The fourth-order valence-electron chi connectivity index (χ4n) is 7.70. The third kappa shape index (κ3) is 5.31. The van der Waals surface area contributed by atoms with Gasteiger partial charge < -0.3 is 4.74 Å². The highest BCUT2D eigenvalue weighted by molar-refractivity contribution is 6.14. The smallest absolute Gasteiger partial charge is 0.164 e. The van der Waals surface area contributed by atoms with Crippen molar-refractivity contribution in [3.8, 4) is 79.4 Å². The number of benzene rings is 8. The predicted molar refractivity (Wildman–Crippen MR) is 221 cm³/mol. The quantitative estimate of drug-likeness (QED) is 0.166. The molecule has 0 atom stereocenters. The molecule has 10 aromatic rings. The Balaban J connectivity index is 1.21. The molecular formula is C49H29N5O. The second-order valence-electron chi connectivity index (χ2n) is 13.7. The van der Waals surface area contributed by atoms with Crippen LogP contribution in [-0.4, -0.2) is 24.9 Å². The van der Waals surface area contributed by atoms with Crippen molar-refractivity contribution in [1.29, 1.82) is 0 Å². The van der Waals surface area contributed by atoms with Gasteiger partial charge in [0, 0.05) is 27.8 Å². The maximum absolute atomic E-state index is 6.32. The molecule has 0 fully saturated rings. The van der Waals surface area contributed by atoms with E-state index in [-0.39, 0.29) is 0 Å². The van der Waals surface area contributed by atoms with Gasteiger partial charge in [-0.1, -0.05) is 127 Å². The molecule has 1 aliphatic rings. The van der Waals surface area contributed by atoms with Gasteiger partial charge >= 0.3 is 0 Å². The second-order valence-corrected chi connectivity index (χ2v) is 13.7. The second kappa shape index (κ2) is 12.5. The number of hydrogen-bond donors (Lipinski definition) is 0. The fourth-order valence-corrected chi connectivity index (χ4v) is 7.70. The summed E-state index contributed by atoms with van der Waals surface area (Å²) in [6.45, 7) is 0. The van der Waals surface area contributed by atoms with E-state index in [2.05, 4.69) is 78.9 Å². The van der Waals surface area contributed by atoms with Crippen LogP contribution in [0.15, 0.2) is 176 Å². The van der Waals surface area contributed by atoms with E-state index in [0.717, 1.165) is 77.8 Å². The zero-order valence-corrected chi connectivity index (χ0v) is 29.4. The first-order valence-corrected chi connectivity index (χ1v) is 18.3. The summed E-state index contributed by atoms with van der Waals surface area (Å²) >= 11 is 0. The Bertz CT molecular complexity index is 3070. The highest BCUT2D eigenvalue weighted by atomic mass is 16.5. The topological polar surface area (TPSA) is 73.7 Å². The Hall–Kier alpha value is -7.57. The molecule has 1 aliphatic heterocycles. The average Bonchev–Trinajstić information content (AvgIpc) is 3.26. The highest BCUT2D eigenvalue weighted by Crippen LogP contribution is 2.46. The zero-order valence-electron chi connectivity index (χ0n) is 29.4. The van der Waals surface area contributed by atoms with Crippen molar-refractivity contribution in [2.24, 2.45) is 0 Å². The third-order valence-electron chi connectivity index (χ3n) is 10.3. The number of aromatic nitrogens is 5. The lowest BCUT2D eigenvalue weighted by Crippen LogP contribution is -2.03. The molecule has 55 heavy (non-hydrogen) atoms. The Labute approximate surface area is 316 Å². The van der Waals surface area contributed by atoms with Gasteiger partial charge in [-0.2, -0.15) is 0 Å². The van der Waals surface area contributed by atoms with Gasteiger partial charge in [0.05, 0.1) is 16.6 Å². The minimum atomic E-state index is 0.559. The molecule has 0 aliphatic carbocycles. The number of para-hydroxylation sites is 1. The molecule has 0 saturated carbocycles. The van der Waals surface area contributed by atoms with Crippen LogP contribution >= 0.6 is 0 Å². The lowest BCUT2D eigenvalue weighted by molar-refractivity contribution is 0.486. The fraction of sp³-hybridized carbons (Fsp3) is 0. The van der Waals surface area contributed by atoms with Gasteiger partial charge in [-0.15, -0.1) is 0 Å². The summed E-state index contributed by atoms with van der Waals surface area (Å²) in [6.07, 6.45) is 0. The van der Waals surface area contributed by atoms with Crippen LogP contribution in [0.5, 0.6) is 11.5 Å². The van der Waals surface area contributed by atoms with Crippen molar-refractivity contribution in [1.82, 2.24) is 24.9 Å². The maximum atomic E-state index is 6.32. The summed E-state index contributed by atoms with van der Waals surface area (Å²) < 4.78 is 6.32. The van der Waals surface area contributed by atoms with E-state index in [0.29, 0.717) is 23.3 Å². The van der Waals surface area contributed by atoms with Crippen molar-refractivity contribution in [2.75, 3.05) is 0 Å². The van der Waals surface area contributed by atoms with Crippen LogP contribution in [0.3, 0.4) is 0 Å². The van der Waals surface area contributed by atoms with Crippen LogP contribution < -0.4 is 4.74 Å². The molecule has 256 valence electrons. The standard InChI is InChI=1S/C49H29N5O/c1-3-14-30(15-4-1)46-52-47(31-16-5-2-6-17-31)54-49(53-46)35-27-33(40-29-32-18-7-8-19-36(32)37-20-9-10-21-38(37)40)26-34(28-35)48-50-41-23-13-25-43-44(41)45(51-48)39-22-11-12-24-42(39)55-43/h1-29H. The van der Waals surface area contributed by atoms with Gasteiger partial charge in [-0.05, 0) is 81.2 Å². The van der Waals surface area contributed by atoms with Crippen LogP contribution in [0.4, 0.5) is 0 Å². The molecule has 0 bridgehead atoms. The summed E-state index contributed by atoms with van der Waals surface area (Å²) in [6, 6.07) is 60.1. The molecule has 0 amide bonds. The van der Waals surface area contributed by atoms with E-state index in [4.69, 9.17) is 29.7 Å². The minimum absolute atomic E-state index is 0.559. The first-order valence-electron chi connectivity index (χ1n) is 18.3. The molecule has 0 saturated heterocycles. The first kappa shape index (κ1) is 31.0. The van der Waals surface area contributed by atoms with Gasteiger partial charge in [0.1, 0.15) is 11.5 Å². The summed E-state index contributed by atoms with van der Waals surface area (Å²) in [5.41, 5.74) is 8.20. The Morgan fingerprint density at radius 3 is 1.60 bits per heavy atom. The Morgan fingerprint density at radius 1 is 0.327 bits per heavy atom. The Kier molecular flexibility index (Phi) is 7.07. The van der Waals surface area contributed by atoms with Crippen molar-refractivity contribution >= 4 is 32.4 Å². The molecule has 8 aromatic carbocycles. The molecule has 6 nitrogen and oxygen atoms in total. The van der Waals surface area contributed by atoms with Gasteiger partial charge in [0.2, 0.25) is 0 Å². The highest BCUT2D eigenvalue weighted by Gasteiger charge is 2.24. The summed E-state index contributed by atoms with van der Waals surface area (Å²) in [4.78, 5) is 25.7. The van der Waals surface area contributed by atoms with E-state index >= 15 is 0 Å². The van der Waals surface area contributed by atoms with Crippen molar-refractivity contribution < 1.29 is 4.74 Å². The summed E-state index contributed by atoms with van der Waals surface area (Å²) in [7, 11) is 0. The minimum Gasteiger partial charge on any atom is -0.456 e. The first-order chi connectivity index (χ1) is 27.2. The van der Waals surface area contributed by atoms with Gasteiger partial charge in [-0.3, -0.25) is 0 Å². The maximum Gasteiger partial charge on any atom is 0.164 e. The molecule has 0 unspecified atom stereocenters. The zero-order chi connectivity index (χ0) is 36.3. The molecule has 11 rings (SSSR count). The van der Waals surface area contributed by atoms with Crippen LogP contribution in [0.1, 0.15) is 0 Å². The third-order valence-corrected chi connectivity index (χ3v) is 10.3. The normalized spacial score (nSPS) is 11.8. The SMILES string of the molecule is c1ccc(-c2nc(-c3ccccc3)nc(-c3cc(-c4nc5c6c(cccc6n4)Oc4ccccc4-5)cc(-c4cc5ccccc5c5ccccc45)c3)n2)cc1. The number of ether oxygens (including phenoxy) is 1. The lowest BCUT2D eigenvalue weighted by Gasteiger charge is -2.21. The monoisotopic (exact) mass is 703 g/mol. The molecule has 3 heterocycles. The molecule has 2 aromatic heterocycles. The van der Waals surface area contributed by atoms with Crippen LogP contribution in [-0.2, 0) is 0 Å². The van der Waals surface area contributed by atoms with Crippen molar-refractivity contribution in [3.05, 3.63) is 176 Å². The number of rotatable bonds is 5. The van der Waals surface area contributed by atoms with E-state index in [1.165, 1.54) is 10.8 Å². The number of fused-ring (bicyclic) bond motifs is 5. The molecule has 0 spiro atoms. The van der Waals surface area contributed by atoms with Gasteiger partial charge in [0.25, 0.3) is 0 Å². The van der Waals surface area contributed by atoms with E-state index in [9.17, 15) is 0 Å². The molecule has 0 N–H and O–H groups in total.